The number of aliphatic hydroxyl groups is 1. The van der Waals surface area contributed by atoms with E-state index in [1.807, 2.05) is 0 Å². The minimum Gasteiger partial charge on any atom is -2.00 e. The molecule has 0 bridgehead atoms. The molecule has 0 saturated carbocycles. The van der Waals surface area contributed by atoms with Crippen molar-refractivity contribution in [1.82, 2.24) is 0 Å². The standard InChI is InChI=1S/C4H10O.CH4.Cu.O/c1-4(2,3)5;;;/h5H,1-3H3;1H4;;/q;;+2;-2. The largest absolute Gasteiger partial charge is 2.00 e. The van der Waals surface area contributed by atoms with Crippen LogP contribution in [0.1, 0.15) is 28.2 Å². The van der Waals surface area contributed by atoms with Crippen LogP contribution >= 0.6 is 0 Å². The normalized spacial score (nSPS) is 7.50. The van der Waals surface area contributed by atoms with Crippen molar-refractivity contribution < 1.29 is 27.7 Å². The zero-order chi connectivity index (χ0) is 4.50. The molecule has 0 aromatic carbocycles. The third-order valence-electron chi connectivity index (χ3n) is 0. The van der Waals surface area contributed by atoms with Crippen LogP contribution in [-0.4, -0.2) is 10.7 Å². The maximum Gasteiger partial charge on any atom is 2.00 e. The van der Waals surface area contributed by atoms with Crippen molar-refractivity contribution in [3.63, 3.8) is 0 Å². The topological polar surface area (TPSA) is 48.7 Å². The summed E-state index contributed by atoms with van der Waals surface area (Å²) < 4.78 is 0. The molecule has 1 N–H and O–H groups in total. The van der Waals surface area contributed by atoms with Gasteiger partial charge in [-0.2, -0.15) is 0 Å². The molecule has 57 valence electrons. The Morgan fingerprint density at radius 3 is 1.12 bits per heavy atom. The zero-order valence-corrected chi connectivity index (χ0v) is 5.60. The smallest absolute Gasteiger partial charge is 2.00 e. The van der Waals surface area contributed by atoms with E-state index >= 15 is 0 Å². The van der Waals surface area contributed by atoms with Crippen LogP contribution in [0.4, 0.5) is 0 Å². The van der Waals surface area contributed by atoms with E-state index in [0.717, 1.165) is 0 Å². The summed E-state index contributed by atoms with van der Waals surface area (Å²) in [6.45, 7) is 5.23. The zero-order valence-electron chi connectivity index (χ0n) is 4.66. The molecular weight excluding hydrogens is 156 g/mol. The Morgan fingerprint density at radius 1 is 1.12 bits per heavy atom. The van der Waals surface area contributed by atoms with Crippen molar-refractivity contribution in [2.24, 2.45) is 0 Å². The average molecular weight is 170 g/mol. The van der Waals surface area contributed by atoms with Crippen molar-refractivity contribution in [1.29, 1.82) is 0 Å². The number of hydrogen-bond acceptors (Lipinski definition) is 1. The van der Waals surface area contributed by atoms with Crippen LogP contribution in [0.2, 0.25) is 0 Å². The van der Waals surface area contributed by atoms with Gasteiger partial charge in [0.05, 0.1) is 5.60 Å². The quantitative estimate of drug-likeness (QED) is 0.546. The Bertz CT molecular complexity index is 25.9. The van der Waals surface area contributed by atoms with Crippen LogP contribution in [0.25, 0.3) is 0 Å². The van der Waals surface area contributed by atoms with E-state index in [2.05, 4.69) is 0 Å². The summed E-state index contributed by atoms with van der Waals surface area (Å²) in [5, 5.41) is 8.52. The van der Waals surface area contributed by atoms with E-state index in [4.69, 9.17) is 5.11 Å². The van der Waals surface area contributed by atoms with E-state index < -0.39 is 5.60 Å². The van der Waals surface area contributed by atoms with Crippen LogP contribution in [0.5, 0.6) is 0 Å². The molecule has 0 amide bonds. The second kappa shape index (κ2) is 7.44. The summed E-state index contributed by atoms with van der Waals surface area (Å²) in [6, 6.07) is 0. The molecule has 0 saturated heterocycles. The fourth-order valence-corrected chi connectivity index (χ4v) is 0. The van der Waals surface area contributed by atoms with Gasteiger partial charge in [0.1, 0.15) is 0 Å². The second-order valence-corrected chi connectivity index (χ2v) is 2.17. The van der Waals surface area contributed by atoms with Gasteiger partial charge in [0.2, 0.25) is 0 Å². The van der Waals surface area contributed by atoms with Gasteiger partial charge in [0, 0.05) is 0 Å². The molecule has 3 heteroatoms. The van der Waals surface area contributed by atoms with Gasteiger partial charge in [0.25, 0.3) is 0 Å². The summed E-state index contributed by atoms with van der Waals surface area (Å²) in [4.78, 5) is 0. The molecule has 0 heterocycles. The SMILES string of the molecule is C.CC(C)(C)O.[Cu+2].[O-2]. The number of rotatable bonds is 0. The van der Waals surface area contributed by atoms with E-state index in [0.29, 0.717) is 0 Å². The minimum absolute atomic E-state index is 0. The fraction of sp³-hybridized carbons (Fsp3) is 1.00. The summed E-state index contributed by atoms with van der Waals surface area (Å²) in [6.07, 6.45) is 0. The van der Waals surface area contributed by atoms with Crippen molar-refractivity contribution >= 4 is 0 Å². The monoisotopic (exact) mass is 169 g/mol. The summed E-state index contributed by atoms with van der Waals surface area (Å²) in [7, 11) is 0. The van der Waals surface area contributed by atoms with Gasteiger partial charge >= 0.3 is 17.1 Å². The molecule has 8 heavy (non-hydrogen) atoms. The molecule has 0 unspecified atom stereocenters. The van der Waals surface area contributed by atoms with E-state index in [1.165, 1.54) is 0 Å². The van der Waals surface area contributed by atoms with Gasteiger partial charge in [-0.15, -0.1) is 0 Å². The third kappa shape index (κ3) is 986. The van der Waals surface area contributed by atoms with Gasteiger partial charge in [-0.05, 0) is 20.8 Å². The fourth-order valence-electron chi connectivity index (χ4n) is 0. The van der Waals surface area contributed by atoms with Gasteiger partial charge in [0.15, 0.2) is 0 Å². The Balaban J connectivity index is -0.0000000267. The average Bonchev–Trinajstić information content (AvgIpc) is 0.722. The van der Waals surface area contributed by atoms with E-state index in [1.54, 1.807) is 20.8 Å². The molecule has 0 fully saturated rings. The summed E-state index contributed by atoms with van der Waals surface area (Å²) in [5.74, 6) is 0. The Kier molecular flexibility index (Phi) is 22.0. The Labute approximate surface area is 62.1 Å². The minimum atomic E-state index is -0.500. The van der Waals surface area contributed by atoms with Crippen LogP contribution in [0, 0.1) is 0 Å². The molecule has 0 rings (SSSR count). The molecule has 0 aliphatic carbocycles. The Hall–Kier alpha value is 0.439. The molecule has 0 aromatic rings. The molecule has 0 aromatic heterocycles. The van der Waals surface area contributed by atoms with Gasteiger partial charge in [-0.25, -0.2) is 0 Å². The van der Waals surface area contributed by atoms with Crippen LogP contribution in [0.3, 0.4) is 0 Å². The van der Waals surface area contributed by atoms with Gasteiger partial charge < -0.3 is 10.6 Å². The molecule has 2 nitrogen and oxygen atoms in total. The van der Waals surface area contributed by atoms with E-state index in [9.17, 15) is 0 Å². The van der Waals surface area contributed by atoms with Crippen LogP contribution in [0.15, 0.2) is 0 Å². The first-order chi connectivity index (χ1) is 2.00. The molecule has 0 aliphatic heterocycles. The first-order valence-electron chi connectivity index (χ1n) is 1.72. The molecular formula is C5H14CuO2. The number of hydrogen-bond donors (Lipinski definition) is 1. The first kappa shape index (κ1) is 23.7. The second-order valence-electron chi connectivity index (χ2n) is 2.17. The predicted octanol–water partition coefficient (Wildman–Crippen LogP) is 1.29. The Morgan fingerprint density at radius 2 is 1.12 bits per heavy atom. The van der Waals surface area contributed by atoms with Crippen molar-refractivity contribution in [2.75, 3.05) is 0 Å². The third-order valence-corrected chi connectivity index (χ3v) is 0. The van der Waals surface area contributed by atoms with Gasteiger partial charge in [-0.1, -0.05) is 7.43 Å². The first-order valence-corrected chi connectivity index (χ1v) is 1.72. The summed E-state index contributed by atoms with van der Waals surface area (Å²) in [5.41, 5.74) is -0.500. The van der Waals surface area contributed by atoms with Crippen molar-refractivity contribution in [3.8, 4) is 0 Å². The summed E-state index contributed by atoms with van der Waals surface area (Å²) >= 11 is 0. The van der Waals surface area contributed by atoms with Gasteiger partial charge in [-0.3, -0.25) is 0 Å². The van der Waals surface area contributed by atoms with E-state index in [-0.39, 0.29) is 30.0 Å². The van der Waals surface area contributed by atoms with Crippen molar-refractivity contribution in [3.05, 3.63) is 0 Å². The molecule has 1 radical (unpaired) electrons. The molecule has 0 atom stereocenters. The molecule has 0 aliphatic rings. The van der Waals surface area contributed by atoms with Crippen molar-refractivity contribution in [2.45, 2.75) is 33.8 Å². The van der Waals surface area contributed by atoms with Crippen LogP contribution in [-0.2, 0) is 22.5 Å². The molecule has 0 spiro atoms. The predicted molar refractivity (Wildman–Crippen MR) is 29.4 cm³/mol. The maximum absolute atomic E-state index is 8.52. The maximum atomic E-state index is 8.52. The van der Waals surface area contributed by atoms with Crippen LogP contribution < -0.4 is 0 Å².